The lowest BCUT2D eigenvalue weighted by atomic mass is 10.1. The van der Waals surface area contributed by atoms with E-state index in [0.29, 0.717) is 17.8 Å². The van der Waals surface area contributed by atoms with Crippen molar-refractivity contribution < 1.29 is 9.50 Å². The van der Waals surface area contributed by atoms with Crippen molar-refractivity contribution in [3.63, 3.8) is 0 Å². The number of anilines is 1. The molecule has 0 saturated carbocycles. The number of rotatable bonds is 5. The second-order valence-corrected chi connectivity index (χ2v) is 4.88. The van der Waals surface area contributed by atoms with Crippen LogP contribution in [-0.2, 0) is 6.42 Å². The minimum Gasteiger partial charge on any atom is -0.389 e. The number of benzene rings is 1. The number of halogens is 1. The van der Waals surface area contributed by atoms with Gasteiger partial charge in [0.05, 0.1) is 11.8 Å². The minimum atomic E-state index is -0.655. The monoisotopic (exact) mass is 274 g/mol. The predicted molar refractivity (Wildman–Crippen MR) is 78.2 cm³/mol. The summed E-state index contributed by atoms with van der Waals surface area (Å²) in [5, 5.41) is 9.44. The Morgan fingerprint density at radius 2 is 2.10 bits per heavy atom. The van der Waals surface area contributed by atoms with E-state index in [-0.39, 0.29) is 5.82 Å². The highest BCUT2D eigenvalue weighted by atomic mass is 19.1. The number of aromatic nitrogens is 1. The fraction of sp³-hybridized carbons (Fsp3) is 0.312. The Morgan fingerprint density at radius 3 is 2.70 bits per heavy atom. The van der Waals surface area contributed by atoms with E-state index < -0.39 is 6.10 Å². The molecule has 0 aliphatic rings. The van der Waals surface area contributed by atoms with Gasteiger partial charge in [-0.25, -0.2) is 4.39 Å². The van der Waals surface area contributed by atoms with E-state index in [1.165, 1.54) is 6.07 Å². The molecule has 0 aliphatic carbocycles. The van der Waals surface area contributed by atoms with Gasteiger partial charge in [-0.2, -0.15) is 0 Å². The molecule has 0 amide bonds. The van der Waals surface area contributed by atoms with Gasteiger partial charge < -0.3 is 10.0 Å². The Hall–Kier alpha value is -1.94. The molecule has 106 valence electrons. The molecule has 1 aromatic heterocycles. The van der Waals surface area contributed by atoms with Crippen LogP contribution >= 0.6 is 0 Å². The topological polar surface area (TPSA) is 36.4 Å². The van der Waals surface area contributed by atoms with Gasteiger partial charge in [-0.1, -0.05) is 12.1 Å². The number of hydrogen-bond acceptors (Lipinski definition) is 3. The lowest BCUT2D eigenvalue weighted by Gasteiger charge is -2.20. The molecule has 0 fully saturated rings. The zero-order valence-corrected chi connectivity index (χ0v) is 11.8. The van der Waals surface area contributed by atoms with Crippen LogP contribution in [0, 0.1) is 5.82 Å². The summed E-state index contributed by atoms with van der Waals surface area (Å²) in [5.41, 5.74) is 2.11. The second-order valence-electron chi connectivity index (χ2n) is 4.88. The normalized spacial score (nSPS) is 12.2. The average molecular weight is 274 g/mol. The molecule has 1 aromatic carbocycles. The molecule has 3 nitrogen and oxygen atoms in total. The first-order valence-electron chi connectivity index (χ1n) is 6.66. The van der Waals surface area contributed by atoms with Crippen molar-refractivity contribution in [2.75, 3.05) is 18.5 Å². The summed E-state index contributed by atoms with van der Waals surface area (Å²) in [6.45, 7) is 2.31. The van der Waals surface area contributed by atoms with E-state index in [4.69, 9.17) is 0 Å². The Morgan fingerprint density at radius 1 is 1.30 bits per heavy atom. The van der Waals surface area contributed by atoms with E-state index in [1.807, 2.05) is 30.1 Å². The molecule has 4 heteroatoms. The fourth-order valence-corrected chi connectivity index (χ4v) is 2.04. The molecule has 0 unspecified atom stereocenters. The van der Waals surface area contributed by atoms with Crippen molar-refractivity contribution in [1.29, 1.82) is 0 Å². The number of aliphatic hydroxyl groups is 1. The molecule has 0 saturated heterocycles. The standard InChI is InChI=1S/C16H19FN2O/c1-12(20)13-6-7-16(15(17)11-13)19(2)10-8-14-5-3-4-9-18-14/h3-7,9,11-12,20H,8,10H2,1-2H3/t12-/m1/s1. The van der Waals surface area contributed by atoms with E-state index in [9.17, 15) is 9.50 Å². The van der Waals surface area contributed by atoms with Gasteiger partial charge in [0.25, 0.3) is 0 Å². The maximum atomic E-state index is 14.0. The van der Waals surface area contributed by atoms with Crippen molar-refractivity contribution >= 4 is 5.69 Å². The van der Waals surface area contributed by atoms with Gasteiger partial charge in [0, 0.05) is 31.9 Å². The average Bonchev–Trinajstić information content (AvgIpc) is 2.45. The van der Waals surface area contributed by atoms with Crippen LogP contribution < -0.4 is 4.90 Å². The Kier molecular flexibility index (Phi) is 4.69. The number of likely N-dealkylation sites (N-methyl/N-ethyl adjacent to an activating group) is 1. The van der Waals surface area contributed by atoms with E-state index >= 15 is 0 Å². The summed E-state index contributed by atoms with van der Waals surface area (Å²) in [7, 11) is 1.85. The Labute approximate surface area is 118 Å². The largest absolute Gasteiger partial charge is 0.389 e. The first-order valence-corrected chi connectivity index (χ1v) is 6.66. The molecule has 0 spiro atoms. The molecule has 0 aliphatic heterocycles. The summed E-state index contributed by atoms with van der Waals surface area (Å²) >= 11 is 0. The molecule has 0 bridgehead atoms. The van der Waals surface area contributed by atoms with Crippen LogP contribution in [0.2, 0.25) is 0 Å². The fourth-order valence-electron chi connectivity index (χ4n) is 2.04. The van der Waals surface area contributed by atoms with Crippen molar-refractivity contribution in [2.45, 2.75) is 19.4 Å². The van der Waals surface area contributed by atoms with Crippen LogP contribution in [0.1, 0.15) is 24.3 Å². The van der Waals surface area contributed by atoms with Crippen LogP contribution in [0.3, 0.4) is 0 Å². The molecule has 2 aromatic rings. The third kappa shape index (κ3) is 3.54. The van der Waals surface area contributed by atoms with Crippen LogP contribution in [0.5, 0.6) is 0 Å². The van der Waals surface area contributed by atoms with Gasteiger partial charge in [-0.05, 0) is 36.8 Å². The summed E-state index contributed by atoms with van der Waals surface area (Å²) in [4.78, 5) is 6.11. The van der Waals surface area contributed by atoms with E-state index in [0.717, 1.165) is 12.1 Å². The summed E-state index contributed by atoms with van der Waals surface area (Å²) in [6.07, 6.45) is 1.86. The van der Waals surface area contributed by atoms with E-state index in [1.54, 1.807) is 25.3 Å². The molecule has 2 rings (SSSR count). The second kappa shape index (κ2) is 6.48. The number of hydrogen-bond donors (Lipinski definition) is 1. The smallest absolute Gasteiger partial charge is 0.146 e. The van der Waals surface area contributed by atoms with E-state index in [2.05, 4.69) is 4.98 Å². The number of pyridine rings is 1. The molecule has 1 N–H and O–H groups in total. The summed E-state index contributed by atoms with van der Waals surface area (Å²) < 4.78 is 14.0. The van der Waals surface area contributed by atoms with Crippen molar-refractivity contribution in [1.82, 2.24) is 4.98 Å². The zero-order chi connectivity index (χ0) is 14.5. The zero-order valence-electron chi connectivity index (χ0n) is 11.8. The molecule has 20 heavy (non-hydrogen) atoms. The highest BCUT2D eigenvalue weighted by Crippen LogP contribution is 2.22. The van der Waals surface area contributed by atoms with Crippen molar-refractivity contribution in [2.24, 2.45) is 0 Å². The van der Waals surface area contributed by atoms with Crippen LogP contribution in [0.15, 0.2) is 42.6 Å². The van der Waals surface area contributed by atoms with Gasteiger partial charge in [0.2, 0.25) is 0 Å². The number of nitrogens with zero attached hydrogens (tertiary/aromatic N) is 2. The molecular formula is C16H19FN2O. The van der Waals surface area contributed by atoms with Gasteiger partial charge in [0.1, 0.15) is 5.82 Å². The van der Waals surface area contributed by atoms with Gasteiger partial charge >= 0.3 is 0 Å². The first kappa shape index (κ1) is 14.5. The maximum absolute atomic E-state index is 14.0. The van der Waals surface area contributed by atoms with Crippen LogP contribution in [-0.4, -0.2) is 23.7 Å². The van der Waals surface area contributed by atoms with Gasteiger partial charge in [-0.3, -0.25) is 4.98 Å². The highest BCUT2D eigenvalue weighted by molar-refractivity contribution is 5.48. The first-order chi connectivity index (χ1) is 9.58. The molecular weight excluding hydrogens is 255 g/mol. The number of aliphatic hydroxyl groups excluding tert-OH is 1. The van der Waals surface area contributed by atoms with Crippen LogP contribution in [0.25, 0.3) is 0 Å². The minimum absolute atomic E-state index is 0.313. The predicted octanol–water partition coefficient (Wildman–Crippen LogP) is 2.95. The SMILES string of the molecule is C[C@@H](O)c1ccc(N(C)CCc2ccccn2)c(F)c1. The quantitative estimate of drug-likeness (QED) is 0.910. The van der Waals surface area contributed by atoms with Crippen molar-refractivity contribution in [3.8, 4) is 0 Å². The lowest BCUT2D eigenvalue weighted by Crippen LogP contribution is -2.21. The van der Waals surface area contributed by atoms with Gasteiger partial charge in [-0.15, -0.1) is 0 Å². The molecule has 0 radical (unpaired) electrons. The lowest BCUT2D eigenvalue weighted by molar-refractivity contribution is 0.199. The summed E-state index contributed by atoms with van der Waals surface area (Å²) in [6, 6.07) is 10.6. The Balaban J connectivity index is 2.04. The molecule has 1 atom stereocenters. The third-order valence-electron chi connectivity index (χ3n) is 3.29. The Bertz CT molecular complexity index is 558. The van der Waals surface area contributed by atoms with Crippen LogP contribution in [0.4, 0.5) is 10.1 Å². The third-order valence-corrected chi connectivity index (χ3v) is 3.29. The highest BCUT2D eigenvalue weighted by Gasteiger charge is 2.10. The van der Waals surface area contributed by atoms with Gasteiger partial charge in [0.15, 0.2) is 0 Å². The summed E-state index contributed by atoms with van der Waals surface area (Å²) in [5.74, 6) is -0.313. The maximum Gasteiger partial charge on any atom is 0.146 e. The molecule has 1 heterocycles. The van der Waals surface area contributed by atoms with Crippen molar-refractivity contribution in [3.05, 3.63) is 59.7 Å².